The molecule has 2 heterocycles. The molecule has 0 aromatic heterocycles. The molecule has 0 bridgehead atoms. The third-order valence-corrected chi connectivity index (χ3v) is 3.46. The maximum absolute atomic E-state index is 5.42. The largest absolute Gasteiger partial charge is 0.379 e. The molecule has 2 aliphatic rings. The number of hydrogen-bond donors (Lipinski definition) is 0. The fourth-order valence-corrected chi connectivity index (χ4v) is 1.88. The lowest BCUT2D eigenvalue weighted by molar-refractivity contribution is -0.0117. The quantitative estimate of drug-likeness (QED) is 0.269. The highest BCUT2D eigenvalue weighted by molar-refractivity contribution is 4.68. The standard InChI is InChI=1S/C16H30O7/c1(15-13-22-15)3-17-5-7-19-9-11-21-12-10-20-8-6-18-4-2-16-14-23-16/h15-16H,1-14H2. The summed E-state index contributed by atoms with van der Waals surface area (Å²) in [6, 6.07) is 0. The molecule has 0 aromatic rings. The molecule has 2 rings (SSSR count). The summed E-state index contributed by atoms with van der Waals surface area (Å²) in [6.45, 7) is 8.08. The summed E-state index contributed by atoms with van der Waals surface area (Å²) in [7, 11) is 0. The SMILES string of the molecule is C(COCCOCCC1CO1)OCCOCCOCCC1CO1. The maximum atomic E-state index is 5.42. The van der Waals surface area contributed by atoms with Gasteiger partial charge in [0.25, 0.3) is 0 Å². The predicted octanol–water partition coefficient (Wildman–Crippen LogP) is 0.647. The summed E-state index contributed by atoms with van der Waals surface area (Å²) in [5.74, 6) is 0. The third kappa shape index (κ3) is 12.8. The third-order valence-electron chi connectivity index (χ3n) is 3.46. The molecule has 2 aliphatic heterocycles. The summed E-state index contributed by atoms with van der Waals surface area (Å²) in [6.07, 6.45) is 2.86. The molecule has 2 atom stereocenters. The minimum atomic E-state index is 0.440. The first-order valence-electron chi connectivity index (χ1n) is 8.57. The highest BCUT2D eigenvalue weighted by Crippen LogP contribution is 2.13. The van der Waals surface area contributed by atoms with E-state index in [1.54, 1.807) is 0 Å². The summed E-state index contributed by atoms with van der Waals surface area (Å²) < 4.78 is 37.2. The summed E-state index contributed by atoms with van der Waals surface area (Å²) in [4.78, 5) is 0. The minimum absolute atomic E-state index is 0.440. The van der Waals surface area contributed by atoms with Crippen LogP contribution in [0.1, 0.15) is 12.8 Å². The fourth-order valence-electron chi connectivity index (χ4n) is 1.88. The second kappa shape index (κ2) is 13.1. The van der Waals surface area contributed by atoms with Gasteiger partial charge in [0.05, 0.1) is 78.3 Å². The van der Waals surface area contributed by atoms with Gasteiger partial charge in [-0.1, -0.05) is 0 Å². The molecular formula is C16H30O7. The molecule has 7 heteroatoms. The average Bonchev–Trinajstić information content (AvgIpc) is 3.45. The van der Waals surface area contributed by atoms with Crippen LogP contribution >= 0.6 is 0 Å². The van der Waals surface area contributed by atoms with E-state index in [0.29, 0.717) is 65.1 Å². The topological polar surface area (TPSA) is 71.2 Å². The van der Waals surface area contributed by atoms with Crippen LogP contribution < -0.4 is 0 Å². The fraction of sp³-hybridized carbons (Fsp3) is 1.00. The van der Waals surface area contributed by atoms with Gasteiger partial charge in [-0.3, -0.25) is 0 Å². The van der Waals surface area contributed by atoms with Crippen molar-refractivity contribution in [2.45, 2.75) is 25.0 Å². The molecule has 0 amide bonds. The van der Waals surface area contributed by atoms with Gasteiger partial charge in [-0.25, -0.2) is 0 Å². The zero-order valence-electron chi connectivity index (χ0n) is 13.9. The van der Waals surface area contributed by atoms with Crippen molar-refractivity contribution >= 4 is 0 Å². The average molecular weight is 334 g/mol. The van der Waals surface area contributed by atoms with E-state index in [2.05, 4.69) is 0 Å². The lowest BCUT2D eigenvalue weighted by Crippen LogP contribution is -2.13. The number of rotatable bonds is 18. The van der Waals surface area contributed by atoms with Gasteiger partial charge >= 0.3 is 0 Å². The summed E-state index contributed by atoms with van der Waals surface area (Å²) in [5.41, 5.74) is 0. The smallest absolute Gasteiger partial charge is 0.0831 e. The zero-order chi connectivity index (χ0) is 16.0. The van der Waals surface area contributed by atoms with Crippen LogP contribution in [-0.4, -0.2) is 91.5 Å². The van der Waals surface area contributed by atoms with Crippen molar-refractivity contribution in [1.29, 1.82) is 0 Å². The Labute approximate surface area is 138 Å². The molecular weight excluding hydrogens is 304 g/mol. The first-order valence-corrected chi connectivity index (χ1v) is 8.57. The molecule has 2 fully saturated rings. The van der Waals surface area contributed by atoms with Crippen molar-refractivity contribution in [3.8, 4) is 0 Å². The Kier molecular flexibility index (Phi) is 10.8. The summed E-state index contributed by atoms with van der Waals surface area (Å²) in [5, 5.41) is 0. The molecule has 7 nitrogen and oxygen atoms in total. The molecule has 23 heavy (non-hydrogen) atoms. The van der Waals surface area contributed by atoms with Crippen LogP contribution in [0.15, 0.2) is 0 Å². The Bertz CT molecular complexity index is 243. The molecule has 0 radical (unpaired) electrons. The van der Waals surface area contributed by atoms with E-state index in [4.69, 9.17) is 33.2 Å². The minimum Gasteiger partial charge on any atom is -0.379 e. The van der Waals surface area contributed by atoms with E-state index < -0.39 is 0 Å². The van der Waals surface area contributed by atoms with Crippen LogP contribution in [0, 0.1) is 0 Å². The van der Waals surface area contributed by atoms with Crippen molar-refractivity contribution in [3.63, 3.8) is 0 Å². The molecule has 136 valence electrons. The number of epoxide rings is 2. The second-order valence-electron chi connectivity index (χ2n) is 5.55. The Morgan fingerprint density at radius 2 is 0.739 bits per heavy atom. The zero-order valence-corrected chi connectivity index (χ0v) is 13.9. The van der Waals surface area contributed by atoms with Gasteiger partial charge in [0, 0.05) is 13.2 Å². The number of hydrogen-bond acceptors (Lipinski definition) is 7. The van der Waals surface area contributed by atoms with Crippen molar-refractivity contribution in [2.24, 2.45) is 0 Å². The Balaban J connectivity index is 1.15. The van der Waals surface area contributed by atoms with Crippen LogP contribution in [0.4, 0.5) is 0 Å². The molecule has 2 unspecified atom stereocenters. The Morgan fingerprint density at radius 1 is 0.478 bits per heavy atom. The van der Waals surface area contributed by atoms with Gasteiger partial charge in [0.2, 0.25) is 0 Å². The first kappa shape index (κ1) is 19.1. The Morgan fingerprint density at radius 3 is 1.00 bits per heavy atom. The van der Waals surface area contributed by atoms with Crippen LogP contribution in [0.3, 0.4) is 0 Å². The van der Waals surface area contributed by atoms with Gasteiger partial charge in [-0.2, -0.15) is 0 Å². The van der Waals surface area contributed by atoms with Gasteiger partial charge in [-0.15, -0.1) is 0 Å². The van der Waals surface area contributed by atoms with Crippen LogP contribution in [0.5, 0.6) is 0 Å². The van der Waals surface area contributed by atoms with Gasteiger partial charge in [-0.05, 0) is 12.8 Å². The lowest BCUT2D eigenvalue weighted by Gasteiger charge is -2.07. The molecule has 0 aliphatic carbocycles. The van der Waals surface area contributed by atoms with Crippen molar-refractivity contribution < 1.29 is 33.2 Å². The van der Waals surface area contributed by atoms with Crippen molar-refractivity contribution in [1.82, 2.24) is 0 Å². The molecule has 0 saturated carbocycles. The lowest BCUT2D eigenvalue weighted by atomic mass is 10.3. The van der Waals surface area contributed by atoms with Crippen molar-refractivity contribution in [3.05, 3.63) is 0 Å². The molecule has 0 N–H and O–H groups in total. The van der Waals surface area contributed by atoms with Gasteiger partial charge in [0.1, 0.15) is 0 Å². The van der Waals surface area contributed by atoms with E-state index in [1.165, 1.54) is 0 Å². The van der Waals surface area contributed by atoms with Crippen LogP contribution in [0.2, 0.25) is 0 Å². The predicted molar refractivity (Wildman–Crippen MR) is 82.8 cm³/mol. The Hall–Kier alpha value is -0.280. The van der Waals surface area contributed by atoms with Gasteiger partial charge in [0.15, 0.2) is 0 Å². The van der Waals surface area contributed by atoms with Crippen LogP contribution in [-0.2, 0) is 33.2 Å². The monoisotopic (exact) mass is 334 g/mol. The molecule has 0 aromatic carbocycles. The molecule has 2 saturated heterocycles. The number of ether oxygens (including phenoxy) is 7. The van der Waals surface area contributed by atoms with E-state index in [0.717, 1.165) is 39.3 Å². The van der Waals surface area contributed by atoms with E-state index in [-0.39, 0.29) is 0 Å². The second-order valence-corrected chi connectivity index (χ2v) is 5.55. The summed E-state index contributed by atoms with van der Waals surface area (Å²) >= 11 is 0. The highest BCUT2D eigenvalue weighted by Gasteiger charge is 2.21. The normalized spacial score (nSPS) is 22.4. The highest BCUT2D eigenvalue weighted by atomic mass is 16.6. The van der Waals surface area contributed by atoms with Crippen molar-refractivity contribution in [2.75, 3.05) is 79.3 Å². The first-order chi connectivity index (χ1) is 11.4. The van der Waals surface area contributed by atoms with E-state index in [9.17, 15) is 0 Å². The van der Waals surface area contributed by atoms with Gasteiger partial charge < -0.3 is 33.2 Å². The maximum Gasteiger partial charge on any atom is 0.0831 e. The van der Waals surface area contributed by atoms with Crippen LogP contribution in [0.25, 0.3) is 0 Å². The van der Waals surface area contributed by atoms with E-state index >= 15 is 0 Å². The molecule has 0 spiro atoms. The van der Waals surface area contributed by atoms with E-state index in [1.807, 2.05) is 0 Å².